The number of hydrogen-bond donors (Lipinski definition) is 2. The highest BCUT2D eigenvalue weighted by molar-refractivity contribution is 6.49. The number of ether oxygens (including phenoxy) is 1. The van der Waals surface area contributed by atoms with Crippen molar-refractivity contribution in [2.45, 2.75) is 6.92 Å². The fourth-order valence-electron chi connectivity index (χ4n) is 6.36. The number of esters is 1. The lowest BCUT2D eigenvalue weighted by Gasteiger charge is -2.11. The third-order valence-corrected chi connectivity index (χ3v) is 9.65. The summed E-state index contributed by atoms with van der Waals surface area (Å²) in [7, 11) is 0. The van der Waals surface area contributed by atoms with Crippen LogP contribution in [0.15, 0.2) is 152 Å². The molecule has 8 rings (SSSR count). The molecule has 292 valence electrons. The van der Waals surface area contributed by atoms with Gasteiger partial charge >= 0.3 is 5.97 Å². The van der Waals surface area contributed by atoms with Crippen molar-refractivity contribution in [2.24, 2.45) is 0 Å². The van der Waals surface area contributed by atoms with Crippen molar-refractivity contribution >= 4 is 75.0 Å². The summed E-state index contributed by atoms with van der Waals surface area (Å²) in [5.41, 5.74) is 5.26. The number of carbonyl (C=O) groups is 5. The molecule has 0 aliphatic rings. The number of ketones is 2. The number of halogens is 2. The van der Waals surface area contributed by atoms with Crippen LogP contribution in [0.2, 0.25) is 10.0 Å². The van der Waals surface area contributed by atoms with E-state index in [2.05, 4.69) is 20.6 Å². The number of nitrogens with one attached hydrogen (secondary N) is 2. The van der Waals surface area contributed by atoms with Crippen molar-refractivity contribution in [1.82, 2.24) is 18.8 Å². The number of hydrogen-bond acceptors (Lipinski definition) is 8. The summed E-state index contributed by atoms with van der Waals surface area (Å²) in [5, 5.41) is 5.59. The predicted molar refractivity (Wildman–Crippen MR) is 226 cm³/mol. The smallest absolute Gasteiger partial charge is 0.340 e. The van der Waals surface area contributed by atoms with E-state index in [1.165, 1.54) is 6.07 Å². The molecule has 14 heteroatoms. The summed E-state index contributed by atoms with van der Waals surface area (Å²) >= 11 is 12.2. The number of aromatic nitrogens is 4. The Bertz CT molecular complexity index is 2860. The standard InChI is InChI=1S/C24H19N3O4.C21H13Cl2N3O2/c1-2-31-24(30)18-10-3-4-11-20(18)26-23(29)22(28)21-19(16-8-7-12-25-15-16)14-17-9-5-6-13-27(17)21;22-16-7-3-8-17(23)18(16)25-21(28)20(27)19-15(13-5-4-9-24-12-13)11-14-6-1-2-10-26(14)19/h3-15H,2H2,1H3,(H,26,29);1-12H,(H,25,28). The minimum absolute atomic E-state index is 0.179. The van der Waals surface area contributed by atoms with Gasteiger partial charge in [0.25, 0.3) is 23.4 Å². The molecule has 0 aliphatic heterocycles. The van der Waals surface area contributed by atoms with E-state index in [0.717, 1.165) is 16.6 Å². The number of rotatable bonds is 10. The molecule has 0 bridgehead atoms. The van der Waals surface area contributed by atoms with Crippen LogP contribution in [0.1, 0.15) is 38.3 Å². The molecule has 0 saturated heterocycles. The van der Waals surface area contributed by atoms with Gasteiger partial charge < -0.3 is 24.2 Å². The molecule has 2 aromatic carbocycles. The van der Waals surface area contributed by atoms with Gasteiger partial charge in [0.05, 0.1) is 33.6 Å². The Hall–Kier alpha value is -7.41. The van der Waals surface area contributed by atoms with Gasteiger partial charge in [0.1, 0.15) is 11.4 Å². The Kier molecular flexibility index (Phi) is 12.0. The van der Waals surface area contributed by atoms with E-state index in [-0.39, 0.29) is 45.0 Å². The molecule has 0 radical (unpaired) electrons. The van der Waals surface area contributed by atoms with E-state index in [1.54, 1.807) is 114 Å². The minimum atomic E-state index is -0.856. The SMILES string of the molecule is CCOC(=O)c1ccccc1NC(=O)C(=O)c1c(-c2cccnc2)cc2ccccn12.O=C(Nc1c(Cl)cccc1Cl)C(=O)c1c(-c2cccnc2)cc2ccccn12. The van der Waals surface area contributed by atoms with Gasteiger partial charge in [-0.3, -0.25) is 29.1 Å². The van der Waals surface area contributed by atoms with Gasteiger partial charge in [0, 0.05) is 70.5 Å². The molecular formula is C45H32Cl2N6O6. The first-order valence-corrected chi connectivity index (χ1v) is 18.8. The van der Waals surface area contributed by atoms with Crippen LogP contribution >= 0.6 is 23.2 Å². The van der Waals surface area contributed by atoms with Crippen molar-refractivity contribution in [2.75, 3.05) is 17.2 Å². The quantitative estimate of drug-likeness (QED) is 0.0787. The number of nitrogens with zero attached hydrogens (tertiary/aromatic N) is 4. The zero-order valence-corrected chi connectivity index (χ0v) is 32.6. The van der Waals surface area contributed by atoms with Crippen LogP contribution < -0.4 is 10.6 Å². The molecule has 6 heterocycles. The van der Waals surface area contributed by atoms with E-state index in [9.17, 15) is 24.0 Å². The number of fused-ring (bicyclic) bond motifs is 2. The number of pyridine rings is 4. The maximum Gasteiger partial charge on any atom is 0.340 e. The Balaban J connectivity index is 0.000000180. The highest BCUT2D eigenvalue weighted by Gasteiger charge is 2.27. The zero-order valence-electron chi connectivity index (χ0n) is 31.1. The Morgan fingerprint density at radius 2 is 1.12 bits per heavy atom. The molecule has 0 spiro atoms. The number of benzene rings is 2. The van der Waals surface area contributed by atoms with E-state index < -0.39 is 29.4 Å². The fraction of sp³-hybridized carbons (Fsp3) is 0.0444. The highest BCUT2D eigenvalue weighted by Crippen LogP contribution is 2.32. The molecule has 0 fully saturated rings. The van der Waals surface area contributed by atoms with Crippen molar-refractivity contribution in [3.63, 3.8) is 0 Å². The van der Waals surface area contributed by atoms with Gasteiger partial charge in [-0.25, -0.2) is 4.79 Å². The van der Waals surface area contributed by atoms with Gasteiger partial charge in [-0.1, -0.05) is 65.7 Å². The van der Waals surface area contributed by atoms with E-state index in [0.29, 0.717) is 16.7 Å². The van der Waals surface area contributed by atoms with Crippen LogP contribution in [0.4, 0.5) is 11.4 Å². The normalized spacial score (nSPS) is 10.7. The molecule has 12 nitrogen and oxygen atoms in total. The molecule has 0 aliphatic carbocycles. The molecule has 59 heavy (non-hydrogen) atoms. The Labute approximate surface area is 347 Å². The van der Waals surface area contributed by atoms with Crippen molar-refractivity contribution in [1.29, 1.82) is 0 Å². The van der Waals surface area contributed by atoms with E-state index in [4.69, 9.17) is 27.9 Å². The molecule has 2 N–H and O–H groups in total. The molecule has 0 saturated carbocycles. The third kappa shape index (κ3) is 8.49. The third-order valence-electron chi connectivity index (χ3n) is 9.02. The van der Waals surface area contributed by atoms with Crippen molar-refractivity contribution in [3.05, 3.63) is 179 Å². The summed E-state index contributed by atoms with van der Waals surface area (Å²) in [5.74, 6) is -3.70. The van der Waals surface area contributed by atoms with Crippen LogP contribution in [-0.4, -0.2) is 54.7 Å². The summed E-state index contributed by atoms with van der Waals surface area (Å²) in [4.78, 5) is 72.4. The van der Waals surface area contributed by atoms with E-state index in [1.807, 2.05) is 48.5 Å². The van der Waals surface area contributed by atoms with Crippen LogP contribution in [-0.2, 0) is 14.3 Å². The largest absolute Gasteiger partial charge is 0.462 e. The molecule has 2 amide bonds. The lowest BCUT2D eigenvalue weighted by Crippen LogP contribution is -2.25. The van der Waals surface area contributed by atoms with Gasteiger partial charge in [-0.05, 0) is 79.7 Å². The molecular weight excluding hydrogens is 791 g/mol. The first-order chi connectivity index (χ1) is 28.7. The lowest BCUT2D eigenvalue weighted by atomic mass is 10.1. The number of Topliss-reactive ketones (excluding diaryl/α,β-unsaturated/α-hetero) is 2. The summed E-state index contributed by atoms with van der Waals surface area (Å²) in [6.45, 7) is 1.89. The Morgan fingerprint density at radius 3 is 1.63 bits per heavy atom. The van der Waals surface area contributed by atoms with Crippen LogP contribution in [0.5, 0.6) is 0 Å². The average Bonchev–Trinajstić information content (AvgIpc) is 3.85. The second-order valence-corrected chi connectivity index (χ2v) is 13.5. The number of carbonyl (C=O) groups excluding carboxylic acids is 5. The van der Waals surface area contributed by atoms with Crippen molar-refractivity contribution in [3.8, 4) is 22.3 Å². The predicted octanol–water partition coefficient (Wildman–Crippen LogP) is 9.13. The van der Waals surface area contributed by atoms with Crippen molar-refractivity contribution < 1.29 is 28.7 Å². The minimum Gasteiger partial charge on any atom is -0.462 e. The summed E-state index contributed by atoms with van der Waals surface area (Å²) in [6, 6.07) is 33.1. The molecule has 8 aromatic rings. The second kappa shape index (κ2) is 17.8. The molecule has 0 unspecified atom stereocenters. The van der Waals surface area contributed by atoms with E-state index >= 15 is 0 Å². The number of anilines is 2. The topological polar surface area (TPSA) is 153 Å². The van der Waals surface area contributed by atoms with Gasteiger partial charge in [0.2, 0.25) is 0 Å². The van der Waals surface area contributed by atoms with Crippen LogP contribution in [0, 0.1) is 0 Å². The number of amides is 2. The first kappa shape index (κ1) is 39.8. The molecule has 6 aromatic heterocycles. The molecule has 0 atom stereocenters. The second-order valence-electron chi connectivity index (χ2n) is 12.7. The highest BCUT2D eigenvalue weighted by atomic mass is 35.5. The van der Waals surface area contributed by atoms with Gasteiger partial charge in [-0.2, -0.15) is 0 Å². The fourth-order valence-corrected chi connectivity index (χ4v) is 6.85. The summed E-state index contributed by atoms with van der Waals surface area (Å²) in [6.07, 6.45) is 10.0. The monoisotopic (exact) mass is 822 g/mol. The average molecular weight is 824 g/mol. The first-order valence-electron chi connectivity index (χ1n) is 18.1. The maximum atomic E-state index is 13.3. The zero-order chi connectivity index (χ0) is 41.5. The number of para-hydroxylation sites is 2. The maximum absolute atomic E-state index is 13.3. The van der Waals surface area contributed by atoms with Crippen LogP contribution in [0.3, 0.4) is 0 Å². The van der Waals surface area contributed by atoms with Crippen LogP contribution in [0.25, 0.3) is 33.3 Å². The summed E-state index contributed by atoms with van der Waals surface area (Å²) < 4.78 is 8.38. The van der Waals surface area contributed by atoms with Gasteiger partial charge in [-0.15, -0.1) is 0 Å². The Morgan fingerprint density at radius 1 is 0.610 bits per heavy atom. The van der Waals surface area contributed by atoms with Gasteiger partial charge in [0.15, 0.2) is 0 Å². The lowest BCUT2D eigenvalue weighted by molar-refractivity contribution is -0.113.